The molecule has 1 N–H and O–H groups in total. The van der Waals surface area contributed by atoms with E-state index >= 15 is 0 Å². The molecule has 0 spiro atoms. The number of hydrogen-bond acceptors (Lipinski definition) is 4. The van der Waals surface area contributed by atoms with E-state index in [4.69, 9.17) is 9.68 Å². The number of nitriles is 1. The summed E-state index contributed by atoms with van der Waals surface area (Å²) < 4.78 is 20.5. The van der Waals surface area contributed by atoms with E-state index in [0.29, 0.717) is 34.8 Å². The quantitative estimate of drug-likeness (QED) is 0.553. The first kappa shape index (κ1) is 17.5. The minimum Gasteiger partial charge on any atom is -0.454 e. The van der Waals surface area contributed by atoms with Crippen molar-refractivity contribution in [3.05, 3.63) is 72.2 Å². The Balaban J connectivity index is 1.72. The third kappa shape index (κ3) is 3.48. The molecule has 0 saturated carbocycles. The summed E-state index contributed by atoms with van der Waals surface area (Å²) in [6.45, 7) is 0.355. The normalized spacial score (nSPS) is 10.7. The predicted octanol–water partition coefficient (Wildman–Crippen LogP) is 4.60. The van der Waals surface area contributed by atoms with Crippen molar-refractivity contribution < 1.29 is 13.6 Å². The lowest BCUT2D eigenvalue weighted by atomic mass is 10.1. The number of hydrogen-bond donors (Lipinski definition) is 1. The standard InChI is InChI=1S/C21H15FN4O2/c22-15-6-8-16(9-7-15)24-21(27)17-13-26(11-3-10-23)25-20(17)19-12-14-4-1-2-5-18(14)28-19/h1-2,4-9,12-13H,3,11H2,(H,24,27). The molecular formula is C21H15FN4O2. The van der Waals surface area contributed by atoms with Gasteiger partial charge in [-0.15, -0.1) is 0 Å². The first-order valence-electron chi connectivity index (χ1n) is 8.64. The van der Waals surface area contributed by atoms with Crippen molar-refractivity contribution in [2.45, 2.75) is 13.0 Å². The fourth-order valence-electron chi connectivity index (χ4n) is 2.88. The van der Waals surface area contributed by atoms with Crippen molar-refractivity contribution in [3.63, 3.8) is 0 Å². The molecule has 0 radical (unpaired) electrons. The third-order valence-electron chi connectivity index (χ3n) is 4.22. The number of aromatic nitrogens is 2. The van der Waals surface area contributed by atoms with Crippen molar-refractivity contribution in [2.75, 3.05) is 5.32 Å². The largest absolute Gasteiger partial charge is 0.454 e. The first-order valence-corrected chi connectivity index (χ1v) is 8.64. The van der Waals surface area contributed by atoms with Crippen LogP contribution in [-0.4, -0.2) is 15.7 Å². The number of fused-ring (bicyclic) bond motifs is 1. The molecule has 1 amide bonds. The monoisotopic (exact) mass is 374 g/mol. The Bertz CT molecular complexity index is 1150. The minimum absolute atomic E-state index is 0.264. The van der Waals surface area contributed by atoms with Crippen LogP contribution in [0.25, 0.3) is 22.4 Å². The molecule has 7 heteroatoms. The average Bonchev–Trinajstić information content (AvgIpc) is 3.32. The van der Waals surface area contributed by atoms with Gasteiger partial charge in [-0.25, -0.2) is 4.39 Å². The average molecular weight is 374 g/mol. The van der Waals surface area contributed by atoms with Crippen LogP contribution in [0.1, 0.15) is 16.8 Å². The molecule has 2 aromatic carbocycles. The third-order valence-corrected chi connectivity index (χ3v) is 4.22. The number of halogens is 1. The zero-order valence-corrected chi connectivity index (χ0v) is 14.7. The molecule has 2 heterocycles. The SMILES string of the molecule is N#CCCn1cc(C(=O)Nc2ccc(F)cc2)c(-c2cc3ccccc3o2)n1. The smallest absolute Gasteiger partial charge is 0.259 e. The Morgan fingerprint density at radius 2 is 2.00 bits per heavy atom. The van der Waals surface area contributed by atoms with Gasteiger partial charge in [0.05, 0.1) is 24.6 Å². The van der Waals surface area contributed by atoms with E-state index < -0.39 is 5.91 Å². The van der Waals surface area contributed by atoms with E-state index in [9.17, 15) is 9.18 Å². The van der Waals surface area contributed by atoms with Crippen molar-refractivity contribution in [3.8, 4) is 17.5 Å². The van der Waals surface area contributed by atoms with Gasteiger partial charge < -0.3 is 9.73 Å². The number of carbonyl (C=O) groups excluding carboxylic acids is 1. The van der Waals surface area contributed by atoms with Gasteiger partial charge in [-0.2, -0.15) is 10.4 Å². The number of para-hydroxylation sites is 1. The lowest BCUT2D eigenvalue weighted by Gasteiger charge is -2.04. The van der Waals surface area contributed by atoms with E-state index in [1.165, 1.54) is 24.3 Å². The fraction of sp³-hybridized carbons (Fsp3) is 0.0952. The zero-order valence-electron chi connectivity index (χ0n) is 14.7. The molecule has 6 nitrogen and oxygen atoms in total. The Morgan fingerprint density at radius 1 is 1.21 bits per heavy atom. The molecule has 4 aromatic rings. The molecule has 0 aliphatic rings. The number of nitrogens with zero attached hydrogens (tertiary/aromatic N) is 3. The highest BCUT2D eigenvalue weighted by atomic mass is 19.1. The lowest BCUT2D eigenvalue weighted by molar-refractivity contribution is 0.102. The van der Waals surface area contributed by atoms with Crippen molar-refractivity contribution in [1.82, 2.24) is 9.78 Å². The van der Waals surface area contributed by atoms with Gasteiger partial charge >= 0.3 is 0 Å². The molecule has 2 aromatic heterocycles. The van der Waals surface area contributed by atoms with E-state index in [0.717, 1.165) is 5.39 Å². The number of amides is 1. The first-order chi connectivity index (χ1) is 13.6. The minimum atomic E-state index is -0.398. The number of furan rings is 1. The summed E-state index contributed by atoms with van der Waals surface area (Å²) in [6.07, 6.45) is 1.85. The van der Waals surface area contributed by atoms with Crippen molar-refractivity contribution in [2.24, 2.45) is 0 Å². The highest BCUT2D eigenvalue weighted by Gasteiger charge is 2.21. The van der Waals surface area contributed by atoms with Crippen LogP contribution in [0, 0.1) is 17.1 Å². The van der Waals surface area contributed by atoms with Gasteiger partial charge in [-0.05, 0) is 36.4 Å². The van der Waals surface area contributed by atoms with E-state index in [1.807, 2.05) is 30.3 Å². The Labute approximate surface area is 159 Å². The van der Waals surface area contributed by atoms with Gasteiger partial charge in [-0.1, -0.05) is 18.2 Å². The van der Waals surface area contributed by atoms with Crippen LogP contribution in [-0.2, 0) is 6.54 Å². The maximum absolute atomic E-state index is 13.1. The van der Waals surface area contributed by atoms with Crippen LogP contribution >= 0.6 is 0 Å². The molecule has 0 atom stereocenters. The van der Waals surface area contributed by atoms with Crippen molar-refractivity contribution in [1.29, 1.82) is 5.26 Å². The molecule has 0 aliphatic heterocycles. The van der Waals surface area contributed by atoms with Gasteiger partial charge in [0.15, 0.2) is 5.76 Å². The lowest BCUT2D eigenvalue weighted by Crippen LogP contribution is -2.12. The second-order valence-corrected chi connectivity index (χ2v) is 6.17. The Morgan fingerprint density at radius 3 is 2.75 bits per heavy atom. The molecule has 28 heavy (non-hydrogen) atoms. The molecule has 138 valence electrons. The van der Waals surface area contributed by atoms with Crippen LogP contribution < -0.4 is 5.32 Å². The highest BCUT2D eigenvalue weighted by molar-refractivity contribution is 6.08. The van der Waals surface area contributed by atoms with E-state index in [-0.39, 0.29) is 12.2 Å². The van der Waals surface area contributed by atoms with Crippen LogP contribution in [0.2, 0.25) is 0 Å². The Kier molecular flexibility index (Phi) is 4.60. The van der Waals surface area contributed by atoms with Gasteiger partial charge in [0.2, 0.25) is 0 Å². The number of anilines is 1. The van der Waals surface area contributed by atoms with E-state index in [1.54, 1.807) is 10.9 Å². The molecule has 0 saturated heterocycles. The molecule has 0 fully saturated rings. The summed E-state index contributed by atoms with van der Waals surface area (Å²) in [6, 6.07) is 16.9. The van der Waals surface area contributed by atoms with Crippen molar-refractivity contribution >= 4 is 22.6 Å². The second-order valence-electron chi connectivity index (χ2n) is 6.17. The molecule has 0 bridgehead atoms. The summed E-state index contributed by atoms with van der Waals surface area (Å²) in [5, 5.41) is 16.9. The molecular weight excluding hydrogens is 359 g/mol. The van der Waals surface area contributed by atoms with Crippen LogP contribution in [0.3, 0.4) is 0 Å². The number of carbonyl (C=O) groups is 1. The molecule has 4 rings (SSSR count). The maximum Gasteiger partial charge on any atom is 0.259 e. The summed E-state index contributed by atoms with van der Waals surface area (Å²) in [4.78, 5) is 12.8. The van der Waals surface area contributed by atoms with Gasteiger partial charge in [0, 0.05) is 17.3 Å². The van der Waals surface area contributed by atoms with Crippen LogP contribution in [0.4, 0.5) is 10.1 Å². The van der Waals surface area contributed by atoms with Crippen LogP contribution in [0.15, 0.2) is 65.2 Å². The molecule has 0 unspecified atom stereocenters. The molecule has 0 aliphatic carbocycles. The number of aryl methyl sites for hydroxylation is 1. The van der Waals surface area contributed by atoms with E-state index in [2.05, 4.69) is 16.5 Å². The van der Waals surface area contributed by atoms with Gasteiger partial charge in [-0.3, -0.25) is 9.48 Å². The Hall–Kier alpha value is -3.92. The fourth-order valence-corrected chi connectivity index (χ4v) is 2.88. The second kappa shape index (κ2) is 7.37. The summed E-state index contributed by atoms with van der Waals surface area (Å²) in [5.41, 5.74) is 1.84. The predicted molar refractivity (Wildman–Crippen MR) is 102 cm³/mol. The topological polar surface area (TPSA) is 83.9 Å². The highest BCUT2D eigenvalue weighted by Crippen LogP contribution is 2.29. The summed E-state index contributed by atoms with van der Waals surface area (Å²) in [5.74, 6) is -0.322. The summed E-state index contributed by atoms with van der Waals surface area (Å²) >= 11 is 0. The number of benzene rings is 2. The maximum atomic E-state index is 13.1. The number of nitrogens with one attached hydrogen (secondary N) is 1. The van der Waals surface area contributed by atoms with Crippen LogP contribution in [0.5, 0.6) is 0 Å². The van der Waals surface area contributed by atoms with Gasteiger partial charge in [0.25, 0.3) is 5.91 Å². The zero-order chi connectivity index (χ0) is 19.5. The number of rotatable bonds is 5. The summed E-state index contributed by atoms with van der Waals surface area (Å²) in [7, 11) is 0. The van der Waals surface area contributed by atoms with Gasteiger partial charge in [0.1, 0.15) is 17.1 Å².